The molecule has 216 valence electrons. The molecule has 40 heavy (non-hydrogen) atoms. The summed E-state index contributed by atoms with van der Waals surface area (Å²) in [6.07, 6.45) is 1.14. The number of carbonyl (C=O) groups is 3. The summed E-state index contributed by atoms with van der Waals surface area (Å²) in [5, 5.41) is 24.0. The van der Waals surface area contributed by atoms with Gasteiger partial charge in [-0.15, -0.1) is 0 Å². The van der Waals surface area contributed by atoms with Crippen molar-refractivity contribution in [3.05, 3.63) is 71.3 Å². The second-order valence-electron chi connectivity index (χ2n) is 9.80. The van der Waals surface area contributed by atoms with Crippen LogP contribution in [0.25, 0.3) is 0 Å². The van der Waals surface area contributed by atoms with Crippen LogP contribution in [0.4, 0.5) is 4.79 Å². The lowest BCUT2D eigenvalue weighted by Crippen LogP contribution is -2.56. The third kappa shape index (κ3) is 9.43. The zero-order valence-electron chi connectivity index (χ0n) is 22.5. The Balaban J connectivity index is 1.59. The summed E-state index contributed by atoms with van der Waals surface area (Å²) in [7, 11) is -3.35. The lowest BCUT2D eigenvalue weighted by atomic mass is 9.85. The highest BCUT2D eigenvalue weighted by atomic mass is 32.2. The number of piperidine rings is 1. The Hall–Kier alpha value is -3.81. The molecule has 3 amide bonds. The molecular weight excluding hydrogens is 536 g/mol. The molecule has 1 heterocycles. The van der Waals surface area contributed by atoms with E-state index in [0.29, 0.717) is 25.1 Å². The second-order valence-corrected chi connectivity index (χ2v) is 11.6. The number of likely N-dealkylation sites (tertiary alicyclic amines) is 1. The molecule has 0 spiro atoms. The van der Waals surface area contributed by atoms with Crippen LogP contribution in [-0.2, 0) is 26.2 Å². The fourth-order valence-electron chi connectivity index (χ4n) is 4.64. The Bertz CT molecular complexity index is 1300. The van der Waals surface area contributed by atoms with Gasteiger partial charge >= 0.3 is 6.09 Å². The number of amidine groups is 1. The maximum atomic E-state index is 13.4. The third-order valence-electron chi connectivity index (χ3n) is 6.74. The number of carboxylic acid groups (broad SMARTS) is 1. The van der Waals surface area contributed by atoms with Gasteiger partial charge in [-0.3, -0.25) is 25.2 Å². The first-order valence-electron chi connectivity index (χ1n) is 12.9. The molecule has 0 radical (unpaired) electrons. The molecule has 2 aromatic carbocycles. The Morgan fingerprint density at radius 2 is 1.77 bits per heavy atom. The molecule has 3 rings (SSSR count). The SMILES string of the molecule is CC(NC(=O)[C@H]1C[C@@H](c2ccccc2)CCN1CCNS(C)(=O)=O)C(=O)NCc1ccc(C(=N)NC(=O)O)cc1. The van der Waals surface area contributed by atoms with E-state index in [2.05, 4.69) is 15.4 Å². The number of nitrogens with one attached hydrogen (secondary N) is 5. The zero-order chi connectivity index (χ0) is 29.3. The van der Waals surface area contributed by atoms with Crippen LogP contribution in [0.5, 0.6) is 0 Å². The first-order chi connectivity index (χ1) is 18.9. The van der Waals surface area contributed by atoms with Gasteiger partial charge in [-0.2, -0.15) is 0 Å². The summed E-state index contributed by atoms with van der Waals surface area (Å²) in [4.78, 5) is 38.8. The molecule has 0 saturated carbocycles. The minimum Gasteiger partial charge on any atom is -0.465 e. The van der Waals surface area contributed by atoms with Crippen LogP contribution in [0.1, 0.15) is 42.4 Å². The molecular formula is C27H36N6O6S. The molecule has 2 aromatic rings. The van der Waals surface area contributed by atoms with Crippen LogP contribution < -0.4 is 20.7 Å². The largest absolute Gasteiger partial charge is 0.465 e. The molecule has 3 atom stereocenters. The third-order valence-corrected chi connectivity index (χ3v) is 7.47. The van der Waals surface area contributed by atoms with Crippen LogP contribution in [0.3, 0.4) is 0 Å². The van der Waals surface area contributed by atoms with Crippen molar-refractivity contribution in [1.29, 1.82) is 5.41 Å². The van der Waals surface area contributed by atoms with Crippen molar-refractivity contribution < 1.29 is 27.9 Å². The molecule has 1 fully saturated rings. The van der Waals surface area contributed by atoms with E-state index in [9.17, 15) is 22.8 Å². The maximum Gasteiger partial charge on any atom is 0.410 e. The Labute approximate surface area is 234 Å². The van der Waals surface area contributed by atoms with Crippen molar-refractivity contribution in [3.63, 3.8) is 0 Å². The van der Waals surface area contributed by atoms with Crippen molar-refractivity contribution in [2.75, 3.05) is 25.9 Å². The molecule has 1 aliphatic heterocycles. The predicted octanol–water partition coefficient (Wildman–Crippen LogP) is 1.20. The smallest absolute Gasteiger partial charge is 0.410 e. The van der Waals surface area contributed by atoms with E-state index in [-0.39, 0.29) is 36.7 Å². The van der Waals surface area contributed by atoms with Gasteiger partial charge in [0.1, 0.15) is 11.9 Å². The average Bonchev–Trinajstić information content (AvgIpc) is 2.91. The van der Waals surface area contributed by atoms with Gasteiger partial charge in [0.2, 0.25) is 21.8 Å². The second kappa shape index (κ2) is 14.0. The molecule has 1 saturated heterocycles. The fourth-order valence-corrected chi connectivity index (χ4v) is 5.10. The lowest BCUT2D eigenvalue weighted by Gasteiger charge is -2.39. The monoisotopic (exact) mass is 572 g/mol. The highest BCUT2D eigenvalue weighted by Crippen LogP contribution is 2.31. The van der Waals surface area contributed by atoms with E-state index < -0.39 is 28.2 Å². The summed E-state index contributed by atoms with van der Waals surface area (Å²) in [6, 6.07) is 15.1. The van der Waals surface area contributed by atoms with Crippen molar-refractivity contribution in [1.82, 2.24) is 25.6 Å². The van der Waals surface area contributed by atoms with Crippen molar-refractivity contribution in [2.45, 2.75) is 44.3 Å². The van der Waals surface area contributed by atoms with Gasteiger partial charge in [-0.25, -0.2) is 17.9 Å². The van der Waals surface area contributed by atoms with E-state index in [1.807, 2.05) is 40.5 Å². The molecule has 1 unspecified atom stereocenters. The van der Waals surface area contributed by atoms with Crippen LogP contribution in [-0.4, -0.2) is 80.1 Å². The lowest BCUT2D eigenvalue weighted by molar-refractivity contribution is -0.132. The van der Waals surface area contributed by atoms with E-state index in [0.717, 1.165) is 23.8 Å². The number of benzene rings is 2. The van der Waals surface area contributed by atoms with Gasteiger partial charge in [0.25, 0.3) is 0 Å². The molecule has 0 aliphatic carbocycles. The van der Waals surface area contributed by atoms with Gasteiger partial charge in [0.05, 0.1) is 12.3 Å². The predicted molar refractivity (Wildman–Crippen MR) is 151 cm³/mol. The number of amides is 3. The first kappa shape index (κ1) is 30.7. The number of nitrogens with zero attached hydrogens (tertiary/aromatic N) is 1. The Morgan fingerprint density at radius 3 is 2.40 bits per heavy atom. The number of rotatable bonds is 11. The highest BCUT2D eigenvalue weighted by Gasteiger charge is 2.35. The van der Waals surface area contributed by atoms with Crippen LogP contribution in [0, 0.1) is 5.41 Å². The highest BCUT2D eigenvalue weighted by molar-refractivity contribution is 7.88. The summed E-state index contributed by atoms with van der Waals surface area (Å²) in [6.45, 7) is 2.94. The summed E-state index contributed by atoms with van der Waals surface area (Å²) in [5.74, 6) is -0.761. The number of hydrogen-bond acceptors (Lipinski definition) is 7. The van der Waals surface area contributed by atoms with Gasteiger partial charge in [0, 0.05) is 25.2 Å². The molecule has 12 nitrogen and oxygen atoms in total. The van der Waals surface area contributed by atoms with E-state index in [1.165, 1.54) is 0 Å². The molecule has 1 aliphatic rings. The molecule has 0 bridgehead atoms. The van der Waals surface area contributed by atoms with Gasteiger partial charge < -0.3 is 15.7 Å². The minimum atomic E-state index is -3.35. The standard InChI is InChI=1S/C27H36N6O6S/c1-18(25(34)29-17-19-8-10-21(11-9-19)24(28)32-27(36)37)31-26(35)23-16-22(20-6-4-3-5-7-20)12-14-33(23)15-13-30-40(2,38)39/h3-11,18,22-23,30H,12-17H2,1-2H3,(H2,28,32)(H,29,34)(H,31,35)(H,36,37)/t18?,22-,23+/m0/s1. The van der Waals surface area contributed by atoms with Crippen molar-refractivity contribution in [3.8, 4) is 0 Å². The molecule has 6 N–H and O–H groups in total. The first-order valence-corrected chi connectivity index (χ1v) is 14.8. The maximum absolute atomic E-state index is 13.4. The zero-order valence-corrected chi connectivity index (χ0v) is 23.3. The van der Waals surface area contributed by atoms with Crippen LogP contribution >= 0.6 is 0 Å². The number of sulfonamides is 1. The van der Waals surface area contributed by atoms with Crippen LogP contribution in [0.2, 0.25) is 0 Å². The van der Waals surface area contributed by atoms with E-state index in [1.54, 1.807) is 31.2 Å². The Morgan fingerprint density at radius 1 is 1.10 bits per heavy atom. The number of carbonyl (C=O) groups excluding carboxylic acids is 2. The van der Waals surface area contributed by atoms with Gasteiger partial charge in [-0.1, -0.05) is 54.6 Å². The normalized spacial score (nSPS) is 18.4. The fraction of sp³-hybridized carbons (Fsp3) is 0.407. The quantitative estimate of drug-likeness (QED) is 0.173. The topological polar surface area (TPSA) is 181 Å². The minimum absolute atomic E-state index is 0.162. The van der Waals surface area contributed by atoms with Crippen molar-refractivity contribution in [2.24, 2.45) is 0 Å². The van der Waals surface area contributed by atoms with E-state index in [4.69, 9.17) is 10.5 Å². The summed E-state index contributed by atoms with van der Waals surface area (Å²) < 4.78 is 25.5. The molecule has 0 aromatic heterocycles. The van der Waals surface area contributed by atoms with E-state index >= 15 is 0 Å². The Kier molecular flexibility index (Phi) is 10.8. The molecule has 13 heteroatoms. The van der Waals surface area contributed by atoms with Crippen molar-refractivity contribution >= 4 is 33.8 Å². The summed E-state index contributed by atoms with van der Waals surface area (Å²) in [5.41, 5.74) is 2.26. The average molecular weight is 573 g/mol. The van der Waals surface area contributed by atoms with Gasteiger partial charge in [-0.05, 0) is 43.4 Å². The summed E-state index contributed by atoms with van der Waals surface area (Å²) >= 11 is 0. The van der Waals surface area contributed by atoms with Gasteiger partial charge in [0.15, 0.2) is 0 Å². The number of hydrogen-bond donors (Lipinski definition) is 6. The van der Waals surface area contributed by atoms with Crippen LogP contribution in [0.15, 0.2) is 54.6 Å².